The molecule has 1 unspecified atom stereocenters. The molecule has 1 saturated carbocycles. The minimum Gasteiger partial charge on any atom is -0.495 e. The van der Waals surface area contributed by atoms with Crippen LogP contribution in [0, 0.1) is 12.8 Å². The van der Waals surface area contributed by atoms with E-state index in [0.717, 1.165) is 38.6 Å². The van der Waals surface area contributed by atoms with Gasteiger partial charge >= 0.3 is 0 Å². The first-order valence-electron chi connectivity index (χ1n) is 11.6. The number of rotatable bonds is 6. The maximum absolute atomic E-state index is 13.1. The number of nitrogens with zero attached hydrogens (tertiary/aromatic N) is 3. The number of carbonyl (C=O) groups excluding carboxylic acids is 2. The van der Waals surface area contributed by atoms with Gasteiger partial charge in [0.25, 0.3) is 5.91 Å². The van der Waals surface area contributed by atoms with Crippen LogP contribution in [0.3, 0.4) is 0 Å². The van der Waals surface area contributed by atoms with Crippen LogP contribution in [0.1, 0.15) is 79.3 Å². The van der Waals surface area contributed by atoms with Crippen molar-refractivity contribution in [2.45, 2.75) is 64.3 Å². The maximum atomic E-state index is 13.1. The Morgan fingerprint density at radius 2 is 1.88 bits per heavy atom. The predicted molar refractivity (Wildman–Crippen MR) is 123 cm³/mol. The SMILES string of the molecule is COc1ccccc1NC(=O)c1cnc(C2CCCCN2C(=O)CC2CCCC2)nc1C. The molecule has 7 heteroatoms. The number of aryl methyl sites for hydroxylation is 1. The highest BCUT2D eigenvalue weighted by atomic mass is 16.5. The minimum atomic E-state index is -0.281. The van der Waals surface area contributed by atoms with E-state index >= 15 is 0 Å². The number of hydrogen-bond donors (Lipinski definition) is 1. The van der Waals surface area contributed by atoms with Crippen LogP contribution in [0.25, 0.3) is 0 Å². The quantitative estimate of drug-likeness (QED) is 0.711. The van der Waals surface area contributed by atoms with Crippen molar-refractivity contribution in [1.82, 2.24) is 14.9 Å². The van der Waals surface area contributed by atoms with Crippen LogP contribution in [0.4, 0.5) is 5.69 Å². The molecule has 2 aromatic rings. The van der Waals surface area contributed by atoms with E-state index in [2.05, 4.69) is 15.3 Å². The molecule has 1 aliphatic carbocycles. The fourth-order valence-corrected chi connectivity index (χ4v) is 4.88. The van der Waals surface area contributed by atoms with Crippen molar-refractivity contribution in [1.29, 1.82) is 0 Å². The van der Waals surface area contributed by atoms with Crippen LogP contribution >= 0.6 is 0 Å². The fraction of sp³-hybridized carbons (Fsp3) is 0.520. The lowest BCUT2D eigenvalue weighted by molar-refractivity contribution is -0.136. The Balaban J connectivity index is 1.49. The van der Waals surface area contributed by atoms with Crippen molar-refractivity contribution >= 4 is 17.5 Å². The molecular formula is C25H32N4O3. The summed E-state index contributed by atoms with van der Waals surface area (Å²) in [5, 5.41) is 2.88. The number of para-hydroxylation sites is 2. The van der Waals surface area contributed by atoms with E-state index in [1.54, 1.807) is 25.4 Å². The van der Waals surface area contributed by atoms with Crippen molar-refractivity contribution in [3.63, 3.8) is 0 Å². The first kappa shape index (κ1) is 22.2. The third kappa shape index (κ3) is 4.92. The van der Waals surface area contributed by atoms with Gasteiger partial charge in [-0.25, -0.2) is 9.97 Å². The maximum Gasteiger partial charge on any atom is 0.259 e. The molecule has 7 nitrogen and oxygen atoms in total. The molecule has 0 spiro atoms. The lowest BCUT2D eigenvalue weighted by Crippen LogP contribution is -2.40. The molecule has 170 valence electrons. The summed E-state index contributed by atoms with van der Waals surface area (Å²) in [6.45, 7) is 2.57. The van der Waals surface area contributed by atoms with Gasteiger partial charge in [-0.1, -0.05) is 25.0 Å². The summed E-state index contributed by atoms with van der Waals surface area (Å²) in [6.07, 6.45) is 9.95. The largest absolute Gasteiger partial charge is 0.495 e. The molecule has 0 radical (unpaired) electrons. The molecule has 32 heavy (non-hydrogen) atoms. The number of amides is 2. The molecule has 4 rings (SSSR count). The molecule has 2 aliphatic rings. The lowest BCUT2D eigenvalue weighted by atomic mass is 9.97. The highest BCUT2D eigenvalue weighted by molar-refractivity contribution is 6.05. The summed E-state index contributed by atoms with van der Waals surface area (Å²) >= 11 is 0. The minimum absolute atomic E-state index is 0.109. The summed E-state index contributed by atoms with van der Waals surface area (Å²) in [5.74, 6) is 1.69. The van der Waals surface area contributed by atoms with Crippen molar-refractivity contribution in [2.75, 3.05) is 19.0 Å². The van der Waals surface area contributed by atoms with Crippen molar-refractivity contribution in [3.05, 3.63) is 47.5 Å². The number of piperidine rings is 1. The zero-order chi connectivity index (χ0) is 22.5. The zero-order valence-electron chi connectivity index (χ0n) is 19.0. The van der Waals surface area contributed by atoms with Crippen LogP contribution < -0.4 is 10.1 Å². The average molecular weight is 437 g/mol. The molecule has 2 amide bonds. The molecular weight excluding hydrogens is 404 g/mol. The Kier molecular flexibility index (Phi) is 7.02. The first-order valence-corrected chi connectivity index (χ1v) is 11.6. The van der Waals surface area contributed by atoms with Crippen LogP contribution in [-0.4, -0.2) is 40.3 Å². The van der Waals surface area contributed by atoms with Gasteiger partial charge in [-0.2, -0.15) is 0 Å². The van der Waals surface area contributed by atoms with Gasteiger partial charge in [0.2, 0.25) is 5.91 Å². The molecule has 2 heterocycles. The number of hydrogen-bond acceptors (Lipinski definition) is 5. The van der Waals surface area contributed by atoms with Gasteiger partial charge in [-0.05, 0) is 57.1 Å². The Hall–Kier alpha value is -2.96. The number of nitrogens with one attached hydrogen (secondary N) is 1. The molecule has 1 N–H and O–H groups in total. The number of ether oxygens (including phenoxy) is 1. The van der Waals surface area contributed by atoms with E-state index in [1.165, 1.54) is 12.8 Å². The molecule has 1 aromatic carbocycles. The second kappa shape index (κ2) is 10.1. The number of carbonyl (C=O) groups is 2. The van der Waals surface area contributed by atoms with Crippen LogP contribution in [0.5, 0.6) is 5.75 Å². The normalized spacial score (nSPS) is 19.1. The summed E-state index contributed by atoms with van der Waals surface area (Å²) in [5.41, 5.74) is 1.62. The number of methoxy groups -OCH3 is 1. The molecule has 1 aromatic heterocycles. The van der Waals surface area contributed by atoms with Crippen molar-refractivity contribution in [3.8, 4) is 5.75 Å². The van der Waals surface area contributed by atoms with Crippen molar-refractivity contribution < 1.29 is 14.3 Å². The summed E-state index contributed by atoms with van der Waals surface area (Å²) in [7, 11) is 1.57. The highest BCUT2D eigenvalue weighted by Crippen LogP contribution is 2.33. The third-order valence-electron chi connectivity index (χ3n) is 6.66. The second-order valence-corrected chi connectivity index (χ2v) is 8.84. The Morgan fingerprint density at radius 3 is 2.62 bits per heavy atom. The first-order chi connectivity index (χ1) is 15.6. The average Bonchev–Trinajstić information content (AvgIpc) is 3.32. The third-order valence-corrected chi connectivity index (χ3v) is 6.66. The molecule has 0 bridgehead atoms. The van der Waals surface area contributed by atoms with E-state index in [0.29, 0.717) is 40.9 Å². The van der Waals surface area contributed by atoms with E-state index in [4.69, 9.17) is 4.74 Å². The Labute approximate surface area is 189 Å². The topological polar surface area (TPSA) is 84.4 Å². The van der Waals surface area contributed by atoms with Gasteiger partial charge < -0.3 is 15.0 Å². The van der Waals surface area contributed by atoms with Gasteiger partial charge in [-0.3, -0.25) is 9.59 Å². The van der Waals surface area contributed by atoms with Crippen LogP contribution in [0.2, 0.25) is 0 Å². The van der Waals surface area contributed by atoms with E-state index in [1.807, 2.05) is 24.0 Å². The monoisotopic (exact) mass is 436 g/mol. The zero-order valence-corrected chi connectivity index (χ0v) is 19.0. The van der Waals surface area contributed by atoms with Crippen molar-refractivity contribution in [2.24, 2.45) is 5.92 Å². The number of likely N-dealkylation sites (tertiary alicyclic amines) is 1. The van der Waals surface area contributed by atoms with Gasteiger partial charge in [0.15, 0.2) is 5.82 Å². The van der Waals surface area contributed by atoms with Gasteiger partial charge in [-0.15, -0.1) is 0 Å². The van der Waals surface area contributed by atoms with Gasteiger partial charge in [0.05, 0.1) is 30.1 Å². The lowest BCUT2D eigenvalue weighted by Gasteiger charge is -2.35. The number of anilines is 1. The number of aromatic nitrogens is 2. The molecule has 1 atom stereocenters. The van der Waals surface area contributed by atoms with Crippen LogP contribution in [-0.2, 0) is 4.79 Å². The molecule has 1 aliphatic heterocycles. The van der Waals surface area contributed by atoms with E-state index in [-0.39, 0.29) is 17.9 Å². The Bertz CT molecular complexity index is 971. The summed E-state index contributed by atoms with van der Waals surface area (Å²) < 4.78 is 5.31. The van der Waals surface area contributed by atoms with Crippen LogP contribution in [0.15, 0.2) is 30.5 Å². The van der Waals surface area contributed by atoms with Gasteiger partial charge in [0.1, 0.15) is 5.75 Å². The van der Waals surface area contributed by atoms with Gasteiger partial charge in [0, 0.05) is 19.2 Å². The fourth-order valence-electron chi connectivity index (χ4n) is 4.88. The molecule has 2 fully saturated rings. The second-order valence-electron chi connectivity index (χ2n) is 8.84. The Morgan fingerprint density at radius 1 is 1.12 bits per heavy atom. The predicted octanol–water partition coefficient (Wildman–Crippen LogP) is 4.68. The van der Waals surface area contributed by atoms with E-state index < -0.39 is 0 Å². The summed E-state index contributed by atoms with van der Waals surface area (Å²) in [4.78, 5) is 37.1. The molecule has 1 saturated heterocycles. The van der Waals surface area contributed by atoms with E-state index in [9.17, 15) is 9.59 Å². The number of benzene rings is 1. The smallest absolute Gasteiger partial charge is 0.259 e. The highest BCUT2D eigenvalue weighted by Gasteiger charge is 2.32. The summed E-state index contributed by atoms with van der Waals surface area (Å²) in [6, 6.07) is 7.16. The standard InChI is InChI=1S/C25H32N4O3/c1-17-19(25(31)28-20-11-5-6-13-22(20)32-2)16-26-24(27-17)21-12-7-8-14-29(21)23(30)15-18-9-3-4-10-18/h5-6,11,13,16,18,21H,3-4,7-10,12,14-15H2,1-2H3,(H,28,31).